The molecule has 2 rings (SSSR count). The van der Waals surface area contributed by atoms with Crippen LogP contribution in [-0.4, -0.2) is 41.8 Å². The van der Waals surface area contributed by atoms with Gasteiger partial charge in [0, 0.05) is 6.92 Å². The molecule has 7 nitrogen and oxygen atoms in total. The molecular formula is C23H35INO6P. The van der Waals surface area contributed by atoms with Crippen molar-refractivity contribution in [2.45, 2.75) is 70.9 Å². The van der Waals surface area contributed by atoms with Gasteiger partial charge >= 0.3 is 7.82 Å². The fourth-order valence-electron chi connectivity index (χ4n) is 3.23. The monoisotopic (exact) mass is 579 g/mol. The first kappa shape index (κ1) is 27.3. The zero-order valence-electron chi connectivity index (χ0n) is 19.4. The van der Waals surface area contributed by atoms with Gasteiger partial charge in [-0.05, 0) is 74.7 Å². The molecule has 9 heteroatoms. The summed E-state index contributed by atoms with van der Waals surface area (Å²) in [6.07, 6.45) is 6.72. The summed E-state index contributed by atoms with van der Waals surface area (Å²) in [6, 6.07) is 8.02. The van der Waals surface area contributed by atoms with Gasteiger partial charge in [-0.25, -0.2) is 9.56 Å². The van der Waals surface area contributed by atoms with Crippen LogP contribution in [0.1, 0.15) is 58.9 Å². The second kappa shape index (κ2) is 12.5. The van der Waals surface area contributed by atoms with Gasteiger partial charge in [0.2, 0.25) is 0 Å². The number of unbranched alkanes of at least 4 members (excludes halogenated alkanes) is 2. The minimum absolute atomic E-state index is 0.0534. The van der Waals surface area contributed by atoms with Crippen LogP contribution in [0.25, 0.3) is 0 Å². The summed E-state index contributed by atoms with van der Waals surface area (Å²) in [5, 5.41) is 0. The molecular weight excluding hydrogens is 544 g/mol. The Morgan fingerprint density at radius 1 is 1.28 bits per heavy atom. The van der Waals surface area contributed by atoms with Crippen LogP contribution in [0.15, 0.2) is 39.4 Å². The van der Waals surface area contributed by atoms with Crippen molar-refractivity contribution >= 4 is 36.3 Å². The highest BCUT2D eigenvalue weighted by atomic mass is 127. The number of benzene rings is 1. The molecule has 2 unspecified atom stereocenters. The molecule has 0 aromatic heterocycles. The summed E-state index contributed by atoms with van der Waals surface area (Å²) >= 11 is 2.23. The molecule has 0 fully saturated rings. The van der Waals surface area contributed by atoms with Crippen LogP contribution in [0.2, 0.25) is 0 Å². The number of halogens is 1. The third kappa shape index (κ3) is 10.3. The summed E-state index contributed by atoms with van der Waals surface area (Å²) in [5.74, 6) is 1.41. The first-order chi connectivity index (χ1) is 15.0. The second-order valence-corrected chi connectivity index (χ2v) is 11.0. The molecule has 2 atom stereocenters. The van der Waals surface area contributed by atoms with E-state index < -0.39 is 19.0 Å². The van der Waals surface area contributed by atoms with Gasteiger partial charge in [0.15, 0.2) is 5.90 Å². The maximum Gasteiger partial charge on any atom is 0.472 e. The predicted molar refractivity (Wildman–Crippen MR) is 136 cm³/mol. The Hall–Kier alpha value is -0.930. The van der Waals surface area contributed by atoms with Crippen molar-refractivity contribution in [2.24, 2.45) is 4.99 Å². The molecule has 1 aromatic rings. The van der Waals surface area contributed by atoms with E-state index in [0.29, 0.717) is 25.5 Å². The Morgan fingerprint density at radius 3 is 2.59 bits per heavy atom. The molecule has 1 heterocycles. The van der Waals surface area contributed by atoms with E-state index in [1.165, 1.54) is 0 Å². The normalized spacial score (nSPS) is 20.8. The van der Waals surface area contributed by atoms with Crippen molar-refractivity contribution in [3.8, 4) is 5.75 Å². The molecule has 1 aliphatic heterocycles. The Labute approximate surface area is 205 Å². The van der Waals surface area contributed by atoms with Gasteiger partial charge in [0.25, 0.3) is 0 Å². The van der Waals surface area contributed by atoms with Crippen LogP contribution in [0.5, 0.6) is 5.75 Å². The van der Waals surface area contributed by atoms with E-state index in [-0.39, 0.29) is 6.61 Å². The lowest BCUT2D eigenvalue weighted by atomic mass is 9.94. The predicted octanol–water partition coefficient (Wildman–Crippen LogP) is 6.24. The Morgan fingerprint density at radius 2 is 2.00 bits per heavy atom. The number of ether oxygens (including phenoxy) is 2. The van der Waals surface area contributed by atoms with Crippen molar-refractivity contribution in [1.82, 2.24) is 0 Å². The van der Waals surface area contributed by atoms with Crippen molar-refractivity contribution in [1.29, 1.82) is 0 Å². The van der Waals surface area contributed by atoms with Gasteiger partial charge < -0.3 is 14.4 Å². The number of hydrogen-bond acceptors (Lipinski definition) is 6. The fraction of sp³-hybridized carbons (Fsp3) is 0.609. The standard InChI is InChI=1S/C23H35INO6P/c1-19-25-23(17-29-19,18-30-32(26,27)31-22(2,3)4)14-13-20-9-11-21(12-10-20)28-16-8-6-5-7-15-24/h7,9-12,15H,5-6,8,13-14,16-18H2,1-4H3,(H,26,27)/b15-7+. The number of hydrogen-bond donors (Lipinski definition) is 1. The minimum Gasteiger partial charge on any atom is -0.494 e. The Balaban J connectivity index is 1.87. The zero-order valence-corrected chi connectivity index (χ0v) is 22.4. The lowest BCUT2D eigenvalue weighted by Crippen LogP contribution is -2.35. The molecule has 0 amide bonds. The van der Waals surface area contributed by atoms with Crippen LogP contribution in [0.3, 0.4) is 0 Å². The topological polar surface area (TPSA) is 86.6 Å². The van der Waals surface area contributed by atoms with Crippen LogP contribution < -0.4 is 4.74 Å². The van der Waals surface area contributed by atoms with Gasteiger partial charge in [-0.1, -0.05) is 40.8 Å². The highest BCUT2D eigenvalue weighted by Crippen LogP contribution is 2.48. The summed E-state index contributed by atoms with van der Waals surface area (Å²) in [4.78, 5) is 14.6. The lowest BCUT2D eigenvalue weighted by molar-refractivity contribution is 0.0478. The first-order valence-electron chi connectivity index (χ1n) is 10.9. The first-order valence-corrected chi connectivity index (χ1v) is 13.6. The Kier molecular flexibility index (Phi) is 10.7. The van der Waals surface area contributed by atoms with Gasteiger partial charge in [-0.3, -0.25) is 9.05 Å². The Bertz CT molecular complexity index is 821. The van der Waals surface area contributed by atoms with E-state index in [4.69, 9.17) is 18.5 Å². The number of aliphatic imine (C=N–C) groups is 1. The summed E-state index contributed by atoms with van der Waals surface area (Å²) in [5.41, 5.74) is -0.383. The largest absolute Gasteiger partial charge is 0.494 e. The fourth-order valence-corrected chi connectivity index (χ4v) is 4.74. The van der Waals surface area contributed by atoms with Crippen molar-refractivity contribution < 1.29 is 28.0 Å². The van der Waals surface area contributed by atoms with Crippen LogP contribution in [-0.2, 0) is 24.8 Å². The van der Waals surface area contributed by atoms with Crippen LogP contribution in [0.4, 0.5) is 0 Å². The highest BCUT2D eigenvalue weighted by Gasteiger charge is 2.39. The molecule has 1 N–H and O–H groups in total. The molecule has 0 aliphatic carbocycles. The number of allylic oxidation sites excluding steroid dienone is 1. The third-order valence-electron chi connectivity index (χ3n) is 4.76. The van der Waals surface area contributed by atoms with E-state index in [1.54, 1.807) is 27.7 Å². The van der Waals surface area contributed by atoms with Gasteiger partial charge in [0.05, 0.1) is 18.8 Å². The summed E-state index contributed by atoms with van der Waals surface area (Å²) < 4.78 is 36.2. The SMILES string of the molecule is CC1=NC(CCc2ccc(OCCCC/C=C/I)cc2)(COP(=O)(O)OC(C)(C)C)CO1. The highest BCUT2D eigenvalue weighted by molar-refractivity contribution is 14.1. The second-order valence-electron chi connectivity index (χ2n) is 8.94. The average molecular weight is 579 g/mol. The van der Waals surface area contributed by atoms with Gasteiger partial charge in [-0.2, -0.15) is 0 Å². The molecule has 32 heavy (non-hydrogen) atoms. The molecule has 0 spiro atoms. The molecule has 0 bridgehead atoms. The molecule has 1 aliphatic rings. The minimum atomic E-state index is -4.20. The molecule has 0 radical (unpaired) electrons. The zero-order chi connectivity index (χ0) is 23.7. The number of rotatable bonds is 13. The number of aryl methyl sites for hydroxylation is 1. The van der Waals surface area contributed by atoms with E-state index in [2.05, 4.69) is 33.7 Å². The number of phosphoric acid groups is 1. The van der Waals surface area contributed by atoms with Crippen molar-refractivity contribution in [3.05, 3.63) is 40.0 Å². The molecule has 1 aromatic carbocycles. The summed E-state index contributed by atoms with van der Waals surface area (Å²) in [6.45, 7) is 7.84. The maximum absolute atomic E-state index is 12.3. The van der Waals surface area contributed by atoms with E-state index in [1.807, 2.05) is 28.3 Å². The number of nitrogens with zero attached hydrogens (tertiary/aromatic N) is 1. The van der Waals surface area contributed by atoms with Crippen molar-refractivity contribution in [3.63, 3.8) is 0 Å². The van der Waals surface area contributed by atoms with E-state index >= 15 is 0 Å². The van der Waals surface area contributed by atoms with Crippen LogP contribution in [0, 0.1) is 0 Å². The van der Waals surface area contributed by atoms with Gasteiger partial charge in [0.1, 0.15) is 17.9 Å². The maximum atomic E-state index is 12.3. The van der Waals surface area contributed by atoms with E-state index in [0.717, 1.165) is 37.0 Å². The summed E-state index contributed by atoms with van der Waals surface area (Å²) in [7, 11) is -4.20. The molecule has 180 valence electrons. The number of phosphoric ester groups is 1. The van der Waals surface area contributed by atoms with Crippen molar-refractivity contribution in [2.75, 3.05) is 19.8 Å². The van der Waals surface area contributed by atoms with Crippen LogP contribution >= 0.6 is 30.4 Å². The third-order valence-corrected chi connectivity index (χ3v) is 6.50. The quantitative estimate of drug-likeness (QED) is 0.169. The molecule has 0 saturated carbocycles. The molecule has 0 saturated heterocycles. The van der Waals surface area contributed by atoms with E-state index in [9.17, 15) is 9.46 Å². The van der Waals surface area contributed by atoms with Gasteiger partial charge in [-0.15, -0.1) is 0 Å². The lowest BCUT2D eigenvalue weighted by Gasteiger charge is -2.27. The smallest absolute Gasteiger partial charge is 0.472 e. The average Bonchev–Trinajstić information content (AvgIpc) is 3.08.